The van der Waals surface area contributed by atoms with Crippen LogP contribution in [0.2, 0.25) is 15.1 Å². The van der Waals surface area contributed by atoms with Gasteiger partial charge in [0.25, 0.3) is 11.8 Å². The van der Waals surface area contributed by atoms with E-state index in [4.69, 9.17) is 34.8 Å². The fourth-order valence-corrected chi connectivity index (χ4v) is 4.89. The maximum absolute atomic E-state index is 13.2. The van der Waals surface area contributed by atoms with Crippen molar-refractivity contribution in [2.24, 2.45) is 0 Å². The molecule has 9 heteroatoms. The molecule has 0 saturated carbocycles. The van der Waals surface area contributed by atoms with E-state index in [-0.39, 0.29) is 32.8 Å². The molecule has 0 aliphatic carbocycles. The number of nitrogens with zero attached hydrogens (tertiary/aromatic N) is 2. The van der Waals surface area contributed by atoms with Gasteiger partial charge in [-0.3, -0.25) is 14.9 Å². The standard InChI is InChI=1S/C24H22Cl3N3O3/c1-12-11-24(2,3)29(4)20-10-18(26)13(7-15(12)20)8-16-21(31)28-23(33)30(22(16)32)14-5-6-17(25)19(27)9-14/h5-10,12H,11H2,1-4H3,(H,28,31,33)/b16-8+/t12-/m0/s1. The highest BCUT2D eigenvalue weighted by molar-refractivity contribution is 6.43. The van der Waals surface area contributed by atoms with Crippen LogP contribution in [0.5, 0.6) is 0 Å². The SMILES string of the molecule is C[C@H]1CC(C)(C)N(C)c2cc(Cl)c(/C=C3\C(=O)NC(=O)N(c4ccc(Cl)c(Cl)c4)C3=O)cc21. The maximum atomic E-state index is 13.2. The third-order valence-electron chi connectivity index (χ3n) is 6.31. The van der Waals surface area contributed by atoms with Crippen LogP contribution in [-0.2, 0) is 9.59 Å². The molecule has 4 amide bonds. The summed E-state index contributed by atoms with van der Waals surface area (Å²) in [5, 5.41) is 3.06. The first-order chi connectivity index (χ1) is 15.4. The van der Waals surface area contributed by atoms with E-state index in [1.165, 1.54) is 24.3 Å². The van der Waals surface area contributed by atoms with Gasteiger partial charge in [0.2, 0.25) is 0 Å². The maximum Gasteiger partial charge on any atom is 0.335 e. The summed E-state index contributed by atoms with van der Waals surface area (Å²) in [5.74, 6) is -1.31. The number of urea groups is 1. The monoisotopic (exact) mass is 505 g/mol. The predicted octanol–water partition coefficient (Wildman–Crippen LogP) is 6.04. The number of benzene rings is 2. The molecule has 1 atom stereocenters. The molecule has 0 unspecified atom stereocenters. The average Bonchev–Trinajstić information content (AvgIpc) is 2.72. The minimum atomic E-state index is -0.866. The van der Waals surface area contributed by atoms with Crippen LogP contribution in [0.25, 0.3) is 6.08 Å². The Morgan fingerprint density at radius 3 is 2.39 bits per heavy atom. The first kappa shape index (κ1) is 23.6. The van der Waals surface area contributed by atoms with Gasteiger partial charge in [0.05, 0.1) is 15.7 Å². The molecule has 2 aliphatic rings. The van der Waals surface area contributed by atoms with Crippen molar-refractivity contribution in [3.05, 3.63) is 62.1 Å². The third kappa shape index (κ3) is 4.12. The lowest BCUT2D eigenvalue weighted by Crippen LogP contribution is -2.54. The second kappa shape index (κ2) is 8.35. The molecular weight excluding hydrogens is 485 g/mol. The third-order valence-corrected chi connectivity index (χ3v) is 7.38. The highest BCUT2D eigenvalue weighted by Gasteiger charge is 2.38. The number of hydrogen-bond acceptors (Lipinski definition) is 4. The molecule has 2 aromatic carbocycles. The van der Waals surface area contributed by atoms with Crippen LogP contribution >= 0.6 is 34.8 Å². The second-order valence-electron chi connectivity index (χ2n) is 8.97. The Labute approximate surface area is 207 Å². The van der Waals surface area contributed by atoms with E-state index in [0.717, 1.165) is 22.6 Å². The van der Waals surface area contributed by atoms with Gasteiger partial charge in [-0.2, -0.15) is 0 Å². The quantitative estimate of drug-likeness (QED) is 0.398. The zero-order valence-corrected chi connectivity index (χ0v) is 20.8. The molecule has 0 aromatic heterocycles. The number of imide groups is 2. The molecule has 1 saturated heterocycles. The first-order valence-electron chi connectivity index (χ1n) is 10.3. The Morgan fingerprint density at radius 1 is 1.03 bits per heavy atom. The molecule has 6 nitrogen and oxygen atoms in total. The van der Waals surface area contributed by atoms with Gasteiger partial charge in [0, 0.05) is 23.3 Å². The van der Waals surface area contributed by atoms with Crippen molar-refractivity contribution in [2.75, 3.05) is 16.8 Å². The van der Waals surface area contributed by atoms with Gasteiger partial charge in [0.15, 0.2) is 0 Å². The van der Waals surface area contributed by atoms with Crippen molar-refractivity contribution in [1.29, 1.82) is 0 Å². The van der Waals surface area contributed by atoms with E-state index in [1.54, 1.807) is 0 Å². The molecule has 2 heterocycles. The summed E-state index contributed by atoms with van der Waals surface area (Å²) in [4.78, 5) is 41.3. The number of amides is 4. The number of nitrogens with one attached hydrogen (secondary N) is 1. The highest BCUT2D eigenvalue weighted by atomic mass is 35.5. The van der Waals surface area contributed by atoms with Gasteiger partial charge in [-0.1, -0.05) is 41.7 Å². The number of rotatable bonds is 2. The molecular formula is C24H22Cl3N3O3. The summed E-state index contributed by atoms with van der Waals surface area (Å²) in [5.41, 5.74) is 2.57. The van der Waals surface area contributed by atoms with Gasteiger partial charge < -0.3 is 4.90 Å². The fourth-order valence-electron chi connectivity index (χ4n) is 4.39. The van der Waals surface area contributed by atoms with Gasteiger partial charge in [-0.25, -0.2) is 9.69 Å². The number of carbonyl (C=O) groups excluding carboxylic acids is 3. The molecule has 0 radical (unpaired) electrons. The number of halogens is 3. The largest absolute Gasteiger partial charge is 0.369 e. The lowest BCUT2D eigenvalue weighted by Gasteiger charge is -2.45. The summed E-state index contributed by atoms with van der Waals surface area (Å²) < 4.78 is 0. The molecule has 0 spiro atoms. The van der Waals surface area contributed by atoms with E-state index >= 15 is 0 Å². The Morgan fingerprint density at radius 2 is 1.73 bits per heavy atom. The smallest absolute Gasteiger partial charge is 0.335 e. The molecule has 2 aliphatic heterocycles. The molecule has 2 aromatic rings. The van der Waals surface area contributed by atoms with Crippen molar-refractivity contribution in [2.45, 2.75) is 38.6 Å². The number of barbiturate groups is 1. The van der Waals surface area contributed by atoms with Crippen molar-refractivity contribution < 1.29 is 14.4 Å². The summed E-state index contributed by atoms with van der Waals surface area (Å²) in [6.45, 7) is 6.49. The van der Waals surface area contributed by atoms with Gasteiger partial charge in [0.1, 0.15) is 5.57 Å². The van der Waals surface area contributed by atoms with Crippen LogP contribution in [0, 0.1) is 0 Å². The van der Waals surface area contributed by atoms with E-state index in [0.29, 0.717) is 10.6 Å². The zero-order valence-electron chi connectivity index (χ0n) is 18.5. The minimum absolute atomic E-state index is 0.0321. The molecule has 172 valence electrons. The number of hydrogen-bond donors (Lipinski definition) is 1. The lowest BCUT2D eigenvalue weighted by molar-refractivity contribution is -0.122. The summed E-state index contributed by atoms with van der Waals surface area (Å²) in [6.07, 6.45) is 2.36. The van der Waals surface area contributed by atoms with Crippen LogP contribution < -0.4 is 15.1 Å². The highest BCUT2D eigenvalue weighted by Crippen LogP contribution is 2.44. The zero-order chi connectivity index (χ0) is 24.2. The van der Waals surface area contributed by atoms with Crippen molar-refractivity contribution in [3.63, 3.8) is 0 Å². The van der Waals surface area contributed by atoms with Gasteiger partial charge in [-0.15, -0.1) is 0 Å². The van der Waals surface area contributed by atoms with Crippen LogP contribution in [0.15, 0.2) is 35.9 Å². The summed E-state index contributed by atoms with van der Waals surface area (Å²) >= 11 is 18.6. The van der Waals surface area contributed by atoms with E-state index in [2.05, 4.69) is 31.0 Å². The normalized spacial score (nSPS) is 21.4. The van der Waals surface area contributed by atoms with Gasteiger partial charge >= 0.3 is 6.03 Å². The van der Waals surface area contributed by atoms with Crippen molar-refractivity contribution in [3.8, 4) is 0 Å². The molecule has 1 N–H and O–H groups in total. The second-order valence-corrected chi connectivity index (χ2v) is 10.2. The fraction of sp³-hybridized carbons (Fsp3) is 0.292. The van der Waals surface area contributed by atoms with E-state index in [9.17, 15) is 14.4 Å². The Balaban J connectivity index is 1.77. The first-order valence-corrected chi connectivity index (χ1v) is 11.5. The van der Waals surface area contributed by atoms with E-state index < -0.39 is 17.8 Å². The number of carbonyl (C=O) groups is 3. The predicted molar refractivity (Wildman–Crippen MR) is 132 cm³/mol. The Hall–Kier alpha value is -2.54. The summed E-state index contributed by atoms with van der Waals surface area (Å²) in [7, 11) is 2.03. The van der Waals surface area contributed by atoms with Gasteiger partial charge in [-0.05, 0) is 73.7 Å². The van der Waals surface area contributed by atoms with Crippen LogP contribution in [0.3, 0.4) is 0 Å². The number of fused-ring (bicyclic) bond motifs is 1. The van der Waals surface area contributed by atoms with Crippen molar-refractivity contribution >= 4 is 70.1 Å². The average molecular weight is 507 g/mol. The Bertz CT molecular complexity index is 1240. The molecule has 4 rings (SSSR count). The topological polar surface area (TPSA) is 69.7 Å². The van der Waals surface area contributed by atoms with E-state index in [1.807, 2.05) is 19.2 Å². The minimum Gasteiger partial charge on any atom is -0.369 e. The molecule has 0 bridgehead atoms. The van der Waals surface area contributed by atoms with Crippen LogP contribution in [-0.4, -0.2) is 30.4 Å². The van der Waals surface area contributed by atoms with Crippen LogP contribution in [0.4, 0.5) is 16.2 Å². The lowest BCUT2D eigenvalue weighted by atomic mass is 9.80. The van der Waals surface area contributed by atoms with Crippen LogP contribution in [0.1, 0.15) is 44.2 Å². The summed E-state index contributed by atoms with van der Waals surface area (Å²) in [6, 6.07) is 7.23. The number of anilines is 2. The Kier molecular flexibility index (Phi) is 5.97. The molecule has 1 fully saturated rings. The molecule has 33 heavy (non-hydrogen) atoms. The van der Waals surface area contributed by atoms with Crippen molar-refractivity contribution in [1.82, 2.24) is 5.32 Å².